The number of carbonyl (C=O) groups excluding carboxylic acids is 1. The van der Waals surface area contributed by atoms with Gasteiger partial charge in [0.25, 0.3) is 5.91 Å². The van der Waals surface area contributed by atoms with Gasteiger partial charge in [0.2, 0.25) is 0 Å². The van der Waals surface area contributed by atoms with Crippen molar-refractivity contribution < 1.29 is 4.79 Å². The lowest BCUT2D eigenvalue weighted by Gasteiger charge is -2.22. The van der Waals surface area contributed by atoms with Gasteiger partial charge in [-0.3, -0.25) is 9.89 Å². The van der Waals surface area contributed by atoms with Crippen molar-refractivity contribution in [1.82, 2.24) is 10.2 Å². The fraction of sp³-hybridized carbons (Fsp3) is 0.333. The molecule has 3 rings (SSSR count). The van der Waals surface area contributed by atoms with E-state index in [4.69, 9.17) is 0 Å². The molecule has 0 spiro atoms. The first kappa shape index (κ1) is 12.0. The zero-order valence-corrected chi connectivity index (χ0v) is 11.0. The number of rotatable bonds is 1. The molecule has 4 nitrogen and oxygen atoms in total. The maximum Gasteiger partial charge on any atom is 0.276 e. The molecule has 2 heterocycles. The van der Waals surface area contributed by atoms with Crippen LogP contribution in [0.2, 0.25) is 0 Å². The van der Waals surface area contributed by atoms with E-state index >= 15 is 0 Å². The molecule has 1 unspecified atom stereocenters. The van der Waals surface area contributed by atoms with Gasteiger partial charge in [-0.1, -0.05) is 25.1 Å². The fourth-order valence-corrected chi connectivity index (χ4v) is 2.71. The number of anilines is 1. The SMILES string of the molecule is CC1CCCN(C(=O)c2ccn[nH]2)c2ccccc21. The standard InChI is InChI=1S/C15H17N3O/c1-11-5-4-10-18(14-7-3-2-6-12(11)14)15(19)13-8-9-16-17-13/h2-3,6-9,11H,4-5,10H2,1H3,(H,16,17). The molecule has 1 aromatic heterocycles. The van der Waals surface area contributed by atoms with Gasteiger partial charge < -0.3 is 4.90 Å². The topological polar surface area (TPSA) is 49.0 Å². The van der Waals surface area contributed by atoms with Gasteiger partial charge in [0, 0.05) is 18.4 Å². The minimum atomic E-state index is -0.000880. The van der Waals surface area contributed by atoms with Crippen LogP contribution in [0.3, 0.4) is 0 Å². The van der Waals surface area contributed by atoms with Crippen LogP contribution in [-0.2, 0) is 0 Å². The van der Waals surface area contributed by atoms with Crippen LogP contribution < -0.4 is 4.90 Å². The zero-order chi connectivity index (χ0) is 13.2. The van der Waals surface area contributed by atoms with Crippen molar-refractivity contribution >= 4 is 11.6 Å². The van der Waals surface area contributed by atoms with Crippen LogP contribution in [-0.4, -0.2) is 22.6 Å². The molecule has 0 saturated carbocycles. The van der Waals surface area contributed by atoms with Gasteiger partial charge in [-0.05, 0) is 36.5 Å². The number of aromatic nitrogens is 2. The van der Waals surface area contributed by atoms with E-state index in [1.807, 2.05) is 23.1 Å². The highest BCUT2D eigenvalue weighted by Gasteiger charge is 2.25. The van der Waals surface area contributed by atoms with Gasteiger partial charge in [0.15, 0.2) is 0 Å². The number of H-pyrrole nitrogens is 1. The van der Waals surface area contributed by atoms with Crippen LogP contribution in [0.5, 0.6) is 0 Å². The molecule has 1 atom stereocenters. The van der Waals surface area contributed by atoms with Crippen molar-refractivity contribution in [1.29, 1.82) is 0 Å². The molecular formula is C15H17N3O. The molecular weight excluding hydrogens is 238 g/mol. The Bertz CT molecular complexity index is 577. The lowest BCUT2D eigenvalue weighted by Crippen LogP contribution is -2.32. The quantitative estimate of drug-likeness (QED) is 0.851. The number of para-hydroxylation sites is 1. The zero-order valence-electron chi connectivity index (χ0n) is 11.0. The number of amides is 1. The molecule has 1 amide bonds. The number of hydrogen-bond acceptors (Lipinski definition) is 2. The van der Waals surface area contributed by atoms with E-state index in [2.05, 4.69) is 23.2 Å². The lowest BCUT2D eigenvalue weighted by atomic mass is 9.96. The molecule has 0 bridgehead atoms. The average molecular weight is 255 g/mol. The molecule has 1 N–H and O–H groups in total. The first-order valence-electron chi connectivity index (χ1n) is 6.67. The average Bonchev–Trinajstić information content (AvgIpc) is 2.91. The van der Waals surface area contributed by atoms with E-state index in [0.29, 0.717) is 11.6 Å². The van der Waals surface area contributed by atoms with E-state index in [1.54, 1.807) is 12.3 Å². The maximum absolute atomic E-state index is 12.5. The van der Waals surface area contributed by atoms with Gasteiger partial charge in [0.1, 0.15) is 5.69 Å². The number of hydrogen-bond donors (Lipinski definition) is 1. The maximum atomic E-state index is 12.5. The highest BCUT2D eigenvalue weighted by atomic mass is 16.2. The van der Waals surface area contributed by atoms with Crippen molar-refractivity contribution in [3.05, 3.63) is 47.8 Å². The van der Waals surface area contributed by atoms with Crippen molar-refractivity contribution in [3.8, 4) is 0 Å². The second kappa shape index (κ2) is 4.88. The Kier molecular flexibility index (Phi) is 3.07. The summed E-state index contributed by atoms with van der Waals surface area (Å²) >= 11 is 0. The highest BCUT2D eigenvalue weighted by Crippen LogP contribution is 2.34. The van der Waals surface area contributed by atoms with E-state index in [0.717, 1.165) is 25.1 Å². The van der Waals surface area contributed by atoms with Crippen molar-refractivity contribution in [2.24, 2.45) is 0 Å². The van der Waals surface area contributed by atoms with Crippen LogP contribution in [0.4, 0.5) is 5.69 Å². The summed E-state index contributed by atoms with van der Waals surface area (Å²) in [7, 11) is 0. The van der Waals surface area contributed by atoms with Gasteiger partial charge in [-0.15, -0.1) is 0 Å². The predicted octanol–water partition coefficient (Wildman–Crippen LogP) is 2.95. The van der Waals surface area contributed by atoms with E-state index in [1.165, 1.54) is 5.56 Å². The van der Waals surface area contributed by atoms with Crippen molar-refractivity contribution in [2.45, 2.75) is 25.7 Å². The molecule has 1 aliphatic rings. The smallest absolute Gasteiger partial charge is 0.276 e. The second-order valence-corrected chi connectivity index (χ2v) is 5.03. The Morgan fingerprint density at radius 1 is 1.37 bits per heavy atom. The Morgan fingerprint density at radius 2 is 2.21 bits per heavy atom. The monoisotopic (exact) mass is 255 g/mol. The summed E-state index contributed by atoms with van der Waals surface area (Å²) in [5.41, 5.74) is 2.84. The Labute approximate surface area is 112 Å². The van der Waals surface area contributed by atoms with Crippen molar-refractivity contribution in [2.75, 3.05) is 11.4 Å². The van der Waals surface area contributed by atoms with Crippen LogP contribution in [0.15, 0.2) is 36.5 Å². The van der Waals surface area contributed by atoms with Crippen molar-refractivity contribution in [3.63, 3.8) is 0 Å². The number of benzene rings is 1. The van der Waals surface area contributed by atoms with Crippen LogP contribution >= 0.6 is 0 Å². The number of nitrogens with one attached hydrogen (secondary N) is 1. The molecule has 98 valence electrons. The van der Waals surface area contributed by atoms with Gasteiger partial charge in [0.05, 0.1) is 0 Å². The third-order valence-electron chi connectivity index (χ3n) is 3.75. The Hall–Kier alpha value is -2.10. The number of nitrogens with zero attached hydrogens (tertiary/aromatic N) is 2. The van der Waals surface area contributed by atoms with Gasteiger partial charge >= 0.3 is 0 Å². The largest absolute Gasteiger partial charge is 0.307 e. The normalized spacial score (nSPS) is 18.8. The van der Waals surface area contributed by atoms with E-state index in [-0.39, 0.29) is 5.91 Å². The third kappa shape index (κ3) is 2.14. The molecule has 1 aromatic carbocycles. The van der Waals surface area contributed by atoms with E-state index < -0.39 is 0 Å². The van der Waals surface area contributed by atoms with E-state index in [9.17, 15) is 4.79 Å². The lowest BCUT2D eigenvalue weighted by molar-refractivity contribution is 0.0982. The van der Waals surface area contributed by atoms with Gasteiger partial charge in [-0.25, -0.2) is 0 Å². The molecule has 1 aliphatic heterocycles. The fourth-order valence-electron chi connectivity index (χ4n) is 2.71. The molecule has 0 fully saturated rings. The summed E-state index contributed by atoms with van der Waals surface area (Å²) in [5, 5.41) is 6.62. The summed E-state index contributed by atoms with van der Waals surface area (Å²) in [6, 6.07) is 9.91. The summed E-state index contributed by atoms with van der Waals surface area (Å²) in [6.07, 6.45) is 3.75. The van der Waals surface area contributed by atoms with Crippen LogP contribution in [0, 0.1) is 0 Å². The van der Waals surface area contributed by atoms with Crippen LogP contribution in [0.1, 0.15) is 41.7 Å². The molecule has 0 saturated heterocycles. The number of fused-ring (bicyclic) bond motifs is 1. The van der Waals surface area contributed by atoms with Gasteiger partial charge in [-0.2, -0.15) is 5.10 Å². The minimum Gasteiger partial charge on any atom is -0.307 e. The van der Waals surface area contributed by atoms with Crippen LogP contribution in [0.25, 0.3) is 0 Å². The summed E-state index contributed by atoms with van der Waals surface area (Å²) in [6.45, 7) is 2.99. The first-order chi connectivity index (χ1) is 9.27. The number of carbonyl (C=O) groups is 1. The minimum absolute atomic E-state index is 0.000880. The molecule has 2 aromatic rings. The molecule has 19 heavy (non-hydrogen) atoms. The summed E-state index contributed by atoms with van der Waals surface area (Å²) < 4.78 is 0. The predicted molar refractivity (Wildman–Crippen MR) is 74.4 cm³/mol. The summed E-state index contributed by atoms with van der Waals surface area (Å²) in [5.74, 6) is 0.495. The highest BCUT2D eigenvalue weighted by molar-refractivity contribution is 6.05. The molecule has 0 aliphatic carbocycles. The second-order valence-electron chi connectivity index (χ2n) is 5.03. The molecule has 4 heteroatoms. The third-order valence-corrected chi connectivity index (χ3v) is 3.75. The summed E-state index contributed by atoms with van der Waals surface area (Å²) in [4.78, 5) is 14.4. The number of aromatic amines is 1. The molecule has 0 radical (unpaired) electrons. The Morgan fingerprint density at radius 3 is 3.00 bits per heavy atom. The Balaban J connectivity index is 2.02. The first-order valence-corrected chi connectivity index (χ1v) is 6.67.